The molecule has 0 aromatic heterocycles. The van der Waals surface area contributed by atoms with Crippen LogP contribution in [-0.4, -0.2) is 23.5 Å². The topological polar surface area (TPSA) is 37.3 Å². The van der Waals surface area contributed by atoms with E-state index in [1.54, 1.807) is 12.1 Å². The van der Waals surface area contributed by atoms with Gasteiger partial charge in [-0.2, -0.15) is 0 Å². The zero-order valence-corrected chi connectivity index (χ0v) is 10.3. The Bertz CT molecular complexity index is 357. The van der Waals surface area contributed by atoms with Crippen molar-refractivity contribution in [1.82, 2.24) is 0 Å². The van der Waals surface area contributed by atoms with Crippen molar-refractivity contribution in [3.63, 3.8) is 0 Å². The van der Waals surface area contributed by atoms with Crippen molar-refractivity contribution in [3.05, 3.63) is 28.2 Å². The smallest absolute Gasteiger partial charge is 0.336 e. The first-order valence-electron chi connectivity index (χ1n) is 4.36. The van der Waals surface area contributed by atoms with Crippen LogP contribution in [0.1, 0.15) is 16.8 Å². The van der Waals surface area contributed by atoms with Gasteiger partial charge in [-0.3, -0.25) is 4.39 Å². The van der Waals surface area contributed by atoms with Crippen LogP contribution in [0.3, 0.4) is 0 Å². The van der Waals surface area contributed by atoms with E-state index in [1.807, 2.05) is 6.07 Å². The summed E-state index contributed by atoms with van der Waals surface area (Å²) in [5, 5.41) is 8.86. The van der Waals surface area contributed by atoms with Crippen LogP contribution in [0.25, 0.3) is 0 Å². The molecule has 1 aromatic carbocycles. The predicted octanol–water partition coefficient (Wildman–Crippen LogP) is 3.60. The average Bonchev–Trinajstić information content (AvgIpc) is 2.20. The number of hydrogen-bond donors (Lipinski definition) is 1. The van der Waals surface area contributed by atoms with Crippen LogP contribution in [0.5, 0.6) is 0 Å². The predicted molar refractivity (Wildman–Crippen MR) is 62.4 cm³/mol. The molecule has 0 saturated carbocycles. The molecule has 1 N–H and O–H groups in total. The summed E-state index contributed by atoms with van der Waals surface area (Å²) in [7, 11) is 0. The highest BCUT2D eigenvalue weighted by Gasteiger charge is 2.08. The molecule has 15 heavy (non-hydrogen) atoms. The molecule has 0 unspecified atom stereocenters. The van der Waals surface area contributed by atoms with Gasteiger partial charge in [0.05, 0.1) is 12.2 Å². The highest BCUT2D eigenvalue weighted by molar-refractivity contribution is 9.10. The fourth-order valence-corrected chi connectivity index (χ4v) is 2.27. The van der Waals surface area contributed by atoms with E-state index in [9.17, 15) is 9.18 Å². The zero-order valence-electron chi connectivity index (χ0n) is 7.87. The van der Waals surface area contributed by atoms with Crippen LogP contribution >= 0.6 is 27.7 Å². The second-order valence-corrected chi connectivity index (χ2v) is 4.86. The van der Waals surface area contributed by atoms with Gasteiger partial charge in [-0.25, -0.2) is 4.79 Å². The van der Waals surface area contributed by atoms with E-state index < -0.39 is 5.97 Å². The molecule has 0 saturated heterocycles. The average molecular weight is 293 g/mol. The second-order valence-electron chi connectivity index (χ2n) is 2.84. The number of thioether (sulfide) groups is 1. The maximum atomic E-state index is 11.9. The first-order valence-corrected chi connectivity index (χ1v) is 6.14. The van der Waals surface area contributed by atoms with Gasteiger partial charge in [0.1, 0.15) is 0 Å². The van der Waals surface area contributed by atoms with Gasteiger partial charge in [0.25, 0.3) is 0 Å². The number of carbonyl (C=O) groups is 1. The minimum absolute atomic E-state index is 0.236. The summed E-state index contributed by atoms with van der Waals surface area (Å²) in [5.74, 6) is -0.299. The summed E-state index contributed by atoms with van der Waals surface area (Å²) in [6.07, 6.45) is 0.489. The molecule has 1 rings (SSSR count). The minimum Gasteiger partial charge on any atom is -0.478 e. The molecule has 0 aliphatic rings. The fraction of sp³-hybridized carbons (Fsp3) is 0.300. The Morgan fingerprint density at radius 1 is 1.53 bits per heavy atom. The van der Waals surface area contributed by atoms with Crippen molar-refractivity contribution >= 4 is 33.7 Å². The summed E-state index contributed by atoms with van der Waals surface area (Å²) >= 11 is 4.62. The number of rotatable bonds is 5. The van der Waals surface area contributed by atoms with Crippen LogP contribution in [-0.2, 0) is 0 Å². The molecule has 5 heteroatoms. The summed E-state index contributed by atoms with van der Waals surface area (Å²) in [4.78, 5) is 11.7. The lowest BCUT2D eigenvalue weighted by atomic mass is 10.2. The molecule has 2 nitrogen and oxygen atoms in total. The van der Waals surface area contributed by atoms with E-state index in [0.29, 0.717) is 16.6 Å². The maximum Gasteiger partial charge on any atom is 0.336 e. The van der Waals surface area contributed by atoms with Gasteiger partial charge in [0, 0.05) is 15.1 Å². The number of benzene rings is 1. The zero-order chi connectivity index (χ0) is 11.3. The third kappa shape index (κ3) is 3.83. The molecule has 0 bridgehead atoms. The van der Waals surface area contributed by atoms with Crippen LogP contribution < -0.4 is 0 Å². The third-order valence-corrected chi connectivity index (χ3v) is 3.49. The summed E-state index contributed by atoms with van der Waals surface area (Å²) in [5.41, 5.74) is 0.236. The van der Waals surface area contributed by atoms with Crippen molar-refractivity contribution < 1.29 is 14.3 Å². The highest BCUT2D eigenvalue weighted by atomic mass is 79.9. The quantitative estimate of drug-likeness (QED) is 0.665. The van der Waals surface area contributed by atoms with Gasteiger partial charge in [-0.15, -0.1) is 11.8 Å². The SMILES string of the molecule is O=C(O)c1cc(SCCCF)ccc1Br. The number of hydrogen-bond acceptors (Lipinski definition) is 2. The number of carboxylic acid groups (broad SMARTS) is 1. The van der Waals surface area contributed by atoms with E-state index in [0.717, 1.165) is 4.90 Å². The lowest BCUT2D eigenvalue weighted by Crippen LogP contribution is -1.97. The van der Waals surface area contributed by atoms with Crippen molar-refractivity contribution in [2.75, 3.05) is 12.4 Å². The highest BCUT2D eigenvalue weighted by Crippen LogP contribution is 2.25. The maximum absolute atomic E-state index is 11.9. The first-order chi connectivity index (χ1) is 7.15. The molecule has 82 valence electrons. The molecule has 0 aliphatic carbocycles. The minimum atomic E-state index is -0.963. The number of alkyl halides is 1. The molecule has 0 atom stereocenters. The van der Waals surface area contributed by atoms with Crippen LogP contribution in [0.2, 0.25) is 0 Å². The van der Waals surface area contributed by atoms with E-state index in [-0.39, 0.29) is 12.2 Å². The standard InChI is InChI=1S/C10H10BrFO2S/c11-9-3-2-7(15-5-1-4-12)6-8(9)10(13)14/h2-3,6H,1,4-5H2,(H,13,14). The number of halogens is 2. The second kappa shape index (κ2) is 6.12. The molecule has 0 aliphatic heterocycles. The van der Waals surface area contributed by atoms with E-state index in [4.69, 9.17) is 5.11 Å². The van der Waals surface area contributed by atoms with E-state index in [1.165, 1.54) is 11.8 Å². The molecule has 0 heterocycles. The lowest BCUT2D eigenvalue weighted by Gasteiger charge is -2.03. The van der Waals surface area contributed by atoms with Gasteiger partial charge in [0.15, 0.2) is 0 Å². The monoisotopic (exact) mass is 292 g/mol. The van der Waals surface area contributed by atoms with Crippen molar-refractivity contribution in [3.8, 4) is 0 Å². The van der Waals surface area contributed by atoms with E-state index in [2.05, 4.69) is 15.9 Å². The van der Waals surface area contributed by atoms with Gasteiger partial charge in [-0.1, -0.05) is 0 Å². The normalized spacial score (nSPS) is 10.3. The Balaban J connectivity index is 2.74. The Hall–Kier alpha value is -0.550. The van der Waals surface area contributed by atoms with Crippen molar-refractivity contribution in [1.29, 1.82) is 0 Å². The summed E-state index contributed by atoms with van der Waals surface area (Å²) in [6.45, 7) is -0.338. The third-order valence-electron chi connectivity index (χ3n) is 1.71. The Morgan fingerprint density at radius 2 is 2.27 bits per heavy atom. The molecule has 0 amide bonds. The largest absolute Gasteiger partial charge is 0.478 e. The van der Waals surface area contributed by atoms with Crippen molar-refractivity contribution in [2.24, 2.45) is 0 Å². The summed E-state index contributed by atoms with van der Waals surface area (Å²) < 4.78 is 12.4. The van der Waals surface area contributed by atoms with Gasteiger partial charge in [-0.05, 0) is 40.5 Å². The molecule has 1 aromatic rings. The Kier molecular flexibility index (Phi) is 5.11. The Labute approximate surface area is 100 Å². The van der Waals surface area contributed by atoms with E-state index >= 15 is 0 Å². The van der Waals surface area contributed by atoms with Gasteiger partial charge < -0.3 is 5.11 Å². The molecule has 0 spiro atoms. The summed E-state index contributed by atoms with van der Waals surface area (Å²) in [6, 6.07) is 5.11. The Morgan fingerprint density at radius 3 is 2.87 bits per heavy atom. The van der Waals surface area contributed by atoms with Gasteiger partial charge in [0.2, 0.25) is 0 Å². The van der Waals surface area contributed by atoms with Crippen LogP contribution in [0.4, 0.5) is 4.39 Å². The molecule has 0 radical (unpaired) electrons. The van der Waals surface area contributed by atoms with Crippen molar-refractivity contribution in [2.45, 2.75) is 11.3 Å². The molecular weight excluding hydrogens is 283 g/mol. The first kappa shape index (κ1) is 12.5. The fourth-order valence-electron chi connectivity index (χ4n) is 1.00. The molecular formula is C10H10BrFO2S. The van der Waals surface area contributed by atoms with Crippen LogP contribution in [0, 0.1) is 0 Å². The molecule has 0 fully saturated rings. The van der Waals surface area contributed by atoms with Crippen LogP contribution in [0.15, 0.2) is 27.6 Å². The van der Waals surface area contributed by atoms with Gasteiger partial charge >= 0.3 is 5.97 Å². The lowest BCUT2D eigenvalue weighted by molar-refractivity contribution is 0.0695. The number of aromatic carboxylic acids is 1. The number of carboxylic acids is 1.